The first-order chi connectivity index (χ1) is 20.3. The van der Waals surface area contributed by atoms with Crippen LogP contribution in [0.2, 0.25) is 0 Å². The molecule has 0 unspecified atom stereocenters. The number of carbonyl (C=O) groups excluding carboxylic acids is 5. The first-order valence-corrected chi connectivity index (χ1v) is 13.1. The van der Waals surface area contributed by atoms with Crippen molar-refractivity contribution in [2.75, 3.05) is 23.4 Å². The Kier molecular flexibility index (Phi) is 11.2. The Morgan fingerprint density at radius 1 is 0.884 bits per heavy atom. The number of amides is 3. The van der Waals surface area contributed by atoms with E-state index in [1.807, 2.05) is 0 Å². The van der Waals surface area contributed by atoms with Crippen molar-refractivity contribution < 1.29 is 51.4 Å². The van der Waals surface area contributed by atoms with Gasteiger partial charge >= 0.3 is 18.3 Å². The first kappa shape index (κ1) is 32.5. The molecular weight excluding hydrogens is 597 g/mol. The second-order valence-corrected chi connectivity index (χ2v) is 9.34. The Bertz CT molecular complexity index is 1470. The summed E-state index contributed by atoms with van der Waals surface area (Å²) < 4.78 is 50.4. The van der Waals surface area contributed by atoms with Gasteiger partial charge in [-0.1, -0.05) is 0 Å². The van der Waals surface area contributed by atoms with Crippen molar-refractivity contribution in [2.45, 2.75) is 31.0 Å². The van der Waals surface area contributed by atoms with E-state index < -0.39 is 55.0 Å². The van der Waals surface area contributed by atoms with Crippen molar-refractivity contribution in [3.63, 3.8) is 0 Å². The predicted molar refractivity (Wildman–Crippen MR) is 145 cm³/mol. The molecule has 12 nitrogen and oxygen atoms in total. The highest BCUT2D eigenvalue weighted by molar-refractivity contribution is 7.98. The van der Waals surface area contributed by atoms with Crippen LogP contribution >= 0.6 is 11.8 Å². The van der Waals surface area contributed by atoms with E-state index in [1.165, 1.54) is 42.7 Å². The topological polar surface area (TPSA) is 154 Å². The highest BCUT2D eigenvalue weighted by atomic mass is 32.2. The van der Waals surface area contributed by atoms with Crippen LogP contribution in [0.5, 0.6) is 5.75 Å². The summed E-state index contributed by atoms with van der Waals surface area (Å²) in [5, 5.41) is 2.89. The van der Waals surface area contributed by atoms with Gasteiger partial charge in [-0.05, 0) is 54.1 Å². The molecule has 1 N–H and O–H groups in total. The number of esters is 2. The molecule has 0 saturated carbocycles. The zero-order valence-electron chi connectivity index (χ0n) is 22.5. The van der Waals surface area contributed by atoms with E-state index in [9.17, 15) is 37.1 Å². The van der Waals surface area contributed by atoms with Crippen LogP contribution in [-0.2, 0) is 34.4 Å². The van der Waals surface area contributed by atoms with Gasteiger partial charge < -0.3 is 19.5 Å². The lowest BCUT2D eigenvalue weighted by molar-refractivity contribution is -0.274. The molecule has 0 fully saturated rings. The summed E-state index contributed by atoms with van der Waals surface area (Å²) in [6, 6.07) is 10.7. The van der Waals surface area contributed by atoms with Crippen molar-refractivity contribution in [3.05, 3.63) is 72.1 Å². The van der Waals surface area contributed by atoms with Crippen molar-refractivity contribution in [1.29, 1.82) is 0 Å². The number of nitrogens with one attached hydrogen (secondary N) is 1. The lowest BCUT2D eigenvalue weighted by Crippen LogP contribution is -2.42. The number of rotatable bonds is 11. The number of hydrogen-bond acceptors (Lipinski definition) is 11. The van der Waals surface area contributed by atoms with Crippen molar-refractivity contribution in [2.24, 2.45) is 0 Å². The largest absolute Gasteiger partial charge is 0.573 e. The summed E-state index contributed by atoms with van der Waals surface area (Å²) in [6.07, 6.45) is -2.06. The lowest BCUT2D eigenvalue weighted by atomic mass is 10.2. The van der Waals surface area contributed by atoms with Crippen LogP contribution in [0.3, 0.4) is 0 Å². The molecule has 0 saturated heterocycles. The van der Waals surface area contributed by atoms with Crippen LogP contribution in [0.15, 0.2) is 66.0 Å². The molecule has 2 heterocycles. The number of imide groups is 1. The SMILES string of the molecule is CC(=O)OCC(=O)N(C(=O)COC(C)=O)c1cc(CSc2ncccc2C(=O)Nc2ccc(OC(F)(F)F)cc2)ccn1. The molecule has 0 aliphatic rings. The third kappa shape index (κ3) is 10.4. The molecule has 3 amide bonds. The molecule has 3 aromatic rings. The number of hydrogen-bond donors (Lipinski definition) is 1. The number of thioether (sulfide) groups is 1. The number of ether oxygens (including phenoxy) is 3. The maximum Gasteiger partial charge on any atom is 0.573 e. The molecule has 0 atom stereocenters. The van der Waals surface area contributed by atoms with Crippen LogP contribution in [0.4, 0.5) is 24.7 Å². The highest BCUT2D eigenvalue weighted by Crippen LogP contribution is 2.27. The zero-order chi connectivity index (χ0) is 31.6. The number of carbonyl (C=O) groups is 5. The van der Waals surface area contributed by atoms with Crippen molar-refractivity contribution >= 4 is 52.9 Å². The molecule has 226 valence electrons. The van der Waals surface area contributed by atoms with Crippen LogP contribution in [-0.4, -0.2) is 59.2 Å². The number of anilines is 2. The molecule has 43 heavy (non-hydrogen) atoms. The second kappa shape index (κ2) is 14.8. The minimum Gasteiger partial charge on any atom is -0.456 e. The Balaban J connectivity index is 1.74. The molecule has 0 bridgehead atoms. The average Bonchev–Trinajstić information content (AvgIpc) is 2.94. The van der Waals surface area contributed by atoms with Gasteiger partial charge in [0.2, 0.25) is 0 Å². The fraction of sp³-hybridized carbons (Fsp3) is 0.222. The Morgan fingerprint density at radius 2 is 1.51 bits per heavy atom. The summed E-state index contributed by atoms with van der Waals surface area (Å²) in [5.74, 6) is -4.29. The summed E-state index contributed by atoms with van der Waals surface area (Å²) in [4.78, 5) is 69.6. The predicted octanol–water partition coefficient (Wildman–Crippen LogP) is 3.91. The average molecular weight is 621 g/mol. The molecular formula is C27H23F3N4O8S. The number of nitrogens with zero attached hydrogens (tertiary/aromatic N) is 3. The van der Waals surface area contributed by atoms with Crippen LogP contribution in [0, 0.1) is 0 Å². The van der Waals surface area contributed by atoms with E-state index in [2.05, 4.69) is 20.0 Å². The lowest BCUT2D eigenvalue weighted by Gasteiger charge is -2.20. The normalized spacial score (nSPS) is 10.8. The van der Waals surface area contributed by atoms with Gasteiger partial charge in [0.25, 0.3) is 17.7 Å². The third-order valence-corrected chi connectivity index (χ3v) is 6.15. The van der Waals surface area contributed by atoms with Gasteiger partial charge in [-0.15, -0.1) is 24.9 Å². The van der Waals surface area contributed by atoms with Crippen molar-refractivity contribution in [1.82, 2.24) is 9.97 Å². The molecule has 2 aromatic heterocycles. The molecule has 1 aromatic carbocycles. The van der Waals surface area contributed by atoms with Crippen LogP contribution in [0.25, 0.3) is 0 Å². The van der Waals surface area contributed by atoms with Gasteiger partial charge in [-0.25, -0.2) is 14.9 Å². The molecule has 3 rings (SSSR count). The minimum atomic E-state index is -4.85. The fourth-order valence-electron chi connectivity index (χ4n) is 3.29. The smallest absolute Gasteiger partial charge is 0.456 e. The number of alkyl halides is 3. The molecule has 0 aliphatic heterocycles. The summed E-state index contributed by atoms with van der Waals surface area (Å²) in [7, 11) is 0. The summed E-state index contributed by atoms with van der Waals surface area (Å²) in [5.41, 5.74) is 0.944. The van der Waals surface area contributed by atoms with Gasteiger partial charge in [-0.3, -0.25) is 24.0 Å². The Morgan fingerprint density at radius 3 is 2.09 bits per heavy atom. The van der Waals surface area contributed by atoms with Gasteiger partial charge in [-0.2, -0.15) is 0 Å². The molecule has 0 aliphatic carbocycles. The van der Waals surface area contributed by atoms with Gasteiger partial charge in [0, 0.05) is 37.7 Å². The maximum atomic E-state index is 12.9. The highest BCUT2D eigenvalue weighted by Gasteiger charge is 2.31. The number of benzene rings is 1. The monoisotopic (exact) mass is 620 g/mol. The second-order valence-electron chi connectivity index (χ2n) is 8.38. The standard InChI is InChI=1S/C27H23F3N4O8S/c1-16(35)40-13-23(37)34(24(38)14-41-17(2)36)22-12-18(9-11-31-22)15-43-26-21(4-3-10-32-26)25(39)33-19-5-7-20(8-6-19)42-27(28,29)30/h3-12H,13-15H2,1-2H3,(H,33,39). The van der Waals surface area contributed by atoms with Gasteiger partial charge in [0.15, 0.2) is 13.2 Å². The maximum absolute atomic E-state index is 12.9. The zero-order valence-corrected chi connectivity index (χ0v) is 23.4. The van der Waals surface area contributed by atoms with Gasteiger partial charge in [0.05, 0.1) is 5.56 Å². The van der Waals surface area contributed by atoms with Crippen LogP contribution in [0.1, 0.15) is 29.8 Å². The van der Waals surface area contributed by atoms with E-state index in [1.54, 1.807) is 6.07 Å². The molecule has 0 radical (unpaired) electrons. The number of pyridine rings is 2. The van der Waals surface area contributed by atoms with Crippen LogP contribution < -0.4 is 15.0 Å². The molecule has 0 spiro atoms. The van der Waals surface area contributed by atoms with E-state index in [0.717, 1.165) is 37.7 Å². The van der Waals surface area contributed by atoms with E-state index in [4.69, 9.17) is 9.47 Å². The number of aromatic nitrogens is 2. The van der Waals surface area contributed by atoms with E-state index >= 15 is 0 Å². The van der Waals surface area contributed by atoms with Crippen molar-refractivity contribution in [3.8, 4) is 5.75 Å². The van der Waals surface area contributed by atoms with E-state index in [-0.39, 0.29) is 22.8 Å². The Labute approximate surface area is 246 Å². The fourth-order valence-corrected chi connectivity index (χ4v) is 4.23. The third-order valence-electron chi connectivity index (χ3n) is 5.07. The number of halogens is 3. The van der Waals surface area contributed by atoms with Gasteiger partial charge in [0.1, 0.15) is 16.6 Å². The quantitative estimate of drug-likeness (QED) is 0.245. The first-order valence-electron chi connectivity index (χ1n) is 12.1. The van der Waals surface area contributed by atoms with E-state index in [0.29, 0.717) is 15.5 Å². The minimum absolute atomic E-state index is 0.121. The summed E-state index contributed by atoms with van der Waals surface area (Å²) in [6.45, 7) is 0.659. The molecule has 16 heteroatoms. The Hall–Kier alpha value is -4.99. The summed E-state index contributed by atoms with van der Waals surface area (Å²) >= 11 is 1.14.